The van der Waals surface area contributed by atoms with Gasteiger partial charge in [0.25, 0.3) is 5.91 Å². The van der Waals surface area contributed by atoms with E-state index in [0.29, 0.717) is 42.4 Å². The topological polar surface area (TPSA) is 93.8 Å². The fraction of sp³-hybridized carbons (Fsp3) is 0.444. The summed E-state index contributed by atoms with van der Waals surface area (Å²) in [6, 6.07) is 7.03. The van der Waals surface area contributed by atoms with Gasteiger partial charge in [-0.25, -0.2) is 0 Å². The molecule has 0 spiro atoms. The Bertz CT molecular complexity index is 706. The summed E-state index contributed by atoms with van der Waals surface area (Å²) < 4.78 is 16.6. The molecule has 1 saturated heterocycles. The first kappa shape index (κ1) is 17.4. The lowest BCUT2D eigenvalue weighted by Gasteiger charge is -2.32. The van der Waals surface area contributed by atoms with Crippen molar-refractivity contribution >= 4 is 5.91 Å². The zero-order chi connectivity index (χ0) is 17.8. The summed E-state index contributed by atoms with van der Waals surface area (Å²) in [7, 11) is 0. The quantitative estimate of drug-likeness (QED) is 0.857. The first-order valence-electron chi connectivity index (χ1n) is 8.26. The summed E-state index contributed by atoms with van der Waals surface area (Å²) in [5.74, 6) is 0.954. The highest BCUT2D eigenvalue weighted by Gasteiger charge is 2.30. The van der Waals surface area contributed by atoms with Crippen LogP contribution >= 0.6 is 0 Å². The highest BCUT2D eigenvalue weighted by molar-refractivity contribution is 5.96. The first-order chi connectivity index (χ1) is 12.1. The van der Waals surface area contributed by atoms with Gasteiger partial charge < -0.3 is 24.4 Å². The Morgan fingerprint density at radius 1 is 1.36 bits per heavy atom. The minimum atomic E-state index is -0.293. The van der Waals surface area contributed by atoms with Gasteiger partial charge in [0.15, 0.2) is 0 Å². The lowest BCUT2D eigenvalue weighted by atomic mass is 10.0. The van der Waals surface area contributed by atoms with E-state index in [-0.39, 0.29) is 24.7 Å². The number of aryl methyl sites for hydroxylation is 2. The number of carbonyl (C=O) groups excluding carboxylic acids is 1. The van der Waals surface area contributed by atoms with Crippen LogP contribution in [0.5, 0.6) is 5.75 Å². The predicted octanol–water partition coefficient (Wildman–Crippen LogP) is 1.75. The number of ether oxygens (including phenoxy) is 2. The van der Waals surface area contributed by atoms with E-state index in [4.69, 9.17) is 19.1 Å². The molecular formula is C18H22N2O5. The number of nitrogens with zero attached hydrogens (tertiary/aromatic N) is 1. The zero-order valence-electron chi connectivity index (χ0n) is 14.3. The van der Waals surface area contributed by atoms with Gasteiger partial charge in [-0.2, -0.15) is 0 Å². The molecule has 134 valence electrons. The number of hydrogen-bond donors (Lipinski definition) is 2. The Morgan fingerprint density at radius 2 is 2.12 bits per heavy atom. The van der Waals surface area contributed by atoms with Gasteiger partial charge in [-0.1, -0.05) is 17.3 Å². The Kier molecular flexibility index (Phi) is 5.35. The third-order valence-electron chi connectivity index (χ3n) is 4.27. The third-order valence-corrected chi connectivity index (χ3v) is 4.27. The molecule has 2 N–H and O–H groups in total. The van der Waals surface area contributed by atoms with Crippen molar-refractivity contribution in [3.8, 4) is 5.75 Å². The molecule has 7 nitrogen and oxygen atoms in total. The molecule has 0 saturated carbocycles. The summed E-state index contributed by atoms with van der Waals surface area (Å²) in [5, 5.41) is 15.9. The number of amides is 1. The summed E-state index contributed by atoms with van der Waals surface area (Å²) in [6.45, 7) is 4.41. The van der Waals surface area contributed by atoms with Gasteiger partial charge in [0, 0.05) is 6.61 Å². The molecule has 1 aromatic heterocycles. The van der Waals surface area contributed by atoms with E-state index in [1.165, 1.54) is 0 Å². The van der Waals surface area contributed by atoms with Crippen LogP contribution in [-0.4, -0.2) is 41.5 Å². The first-order valence-corrected chi connectivity index (χ1v) is 8.26. The highest BCUT2D eigenvalue weighted by atomic mass is 16.5. The second-order valence-electron chi connectivity index (χ2n) is 6.10. The number of aromatic nitrogens is 1. The van der Waals surface area contributed by atoms with E-state index < -0.39 is 0 Å². The Balaban J connectivity index is 1.69. The Morgan fingerprint density at radius 3 is 2.76 bits per heavy atom. The normalized spacial score (nSPS) is 20.3. The molecule has 0 aliphatic carbocycles. The highest BCUT2D eigenvalue weighted by Crippen LogP contribution is 2.20. The lowest BCUT2D eigenvalue weighted by molar-refractivity contribution is -0.0135. The van der Waals surface area contributed by atoms with Crippen molar-refractivity contribution in [3.63, 3.8) is 0 Å². The number of benzene rings is 1. The van der Waals surface area contributed by atoms with Crippen LogP contribution in [0.3, 0.4) is 0 Å². The van der Waals surface area contributed by atoms with Crippen LogP contribution in [0.1, 0.15) is 33.8 Å². The zero-order valence-corrected chi connectivity index (χ0v) is 14.3. The van der Waals surface area contributed by atoms with Gasteiger partial charge >= 0.3 is 0 Å². The van der Waals surface area contributed by atoms with Crippen LogP contribution in [-0.2, 0) is 11.3 Å². The maximum absolute atomic E-state index is 12.6. The summed E-state index contributed by atoms with van der Waals surface area (Å²) in [6.07, 6.45) is 0.368. The van der Waals surface area contributed by atoms with Crippen molar-refractivity contribution in [1.29, 1.82) is 0 Å². The fourth-order valence-corrected chi connectivity index (χ4v) is 2.89. The SMILES string of the molecule is Cc1noc(C)c1C(=O)N[C@@H]1CCOC[C@H]1Oc1ccc(CO)cc1. The van der Waals surface area contributed by atoms with E-state index in [1.54, 1.807) is 38.1 Å². The largest absolute Gasteiger partial charge is 0.486 e. The van der Waals surface area contributed by atoms with E-state index in [0.717, 1.165) is 5.56 Å². The van der Waals surface area contributed by atoms with Crippen molar-refractivity contribution in [2.45, 2.75) is 39.0 Å². The molecular weight excluding hydrogens is 324 g/mol. The van der Waals surface area contributed by atoms with E-state index in [2.05, 4.69) is 10.5 Å². The lowest BCUT2D eigenvalue weighted by Crippen LogP contribution is -2.51. The van der Waals surface area contributed by atoms with Gasteiger partial charge in [-0.15, -0.1) is 0 Å². The molecule has 7 heteroatoms. The van der Waals surface area contributed by atoms with E-state index in [1.807, 2.05) is 0 Å². The van der Waals surface area contributed by atoms with Crippen LogP contribution in [0.25, 0.3) is 0 Å². The summed E-state index contributed by atoms with van der Waals surface area (Å²) >= 11 is 0. The van der Waals surface area contributed by atoms with Gasteiger partial charge in [0.1, 0.15) is 23.2 Å². The van der Waals surface area contributed by atoms with E-state index >= 15 is 0 Å². The summed E-state index contributed by atoms with van der Waals surface area (Å²) in [4.78, 5) is 12.6. The number of rotatable bonds is 5. The minimum absolute atomic E-state index is 0.0110. The predicted molar refractivity (Wildman–Crippen MR) is 89.4 cm³/mol. The number of aliphatic hydroxyl groups is 1. The fourth-order valence-electron chi connectivity index (χ4n) is 2.89. The maximum Gasteiger partial charge on any atom is 0.257 e. The van der Waals surface area contributed by atoms with Crippen LogP contribution in [0.2, 0.25) is 0 Å². The van der Waals surface area contributed by atoms with Gasteiger partial charge in [-0.3, -0.25) is 4.79 Å². The number of hydrogen-bond acceptors (Lipinski definition) is 6. The summed E-state index contributed by atoms with van der Waals surface area (Å²) in [5.41, 5.74) is 1.85. The van der Waals surface area contributed by atoms with Crippen LogP contribution < -0.4 is 10.1 Å². The van der Waals surface area contributed by atoms with Gasteiger partial charge in [-0.05, 0) is 38.0 Å². The second kappa shape index (κ2) is 7.67. The van der Waals surface area contributed by atoms with Crippen LogP contribution in [0.4, 0.5) is 0 Å². The maximum atomic E-state index is 12.6. The molecule has 3 rings (SSSR count). The molecule has 0 radical (unpaired) electrons. The number of carbonyl (C=O) groups is 1. The van der Waals surface area contributed by atoms with Crippen molar-refractivity contribution < 1.29 is 23.9 Å². The van der Waals surface area contributed by atoms with Crippen molar-refractivity contribution in [2.75, 3.05) is 13.2 Å². The second-order valence-corrected chi connectivity index (χ2v) is 6.10. The molecule has 1 amide bonds. The van der Waals surface area contributed by atoms with Crippen LogP contribution in [0.15, 0.2) is 28.8 Å². The standard InChI is InChI=1S/C18H22N2O5/c1-11-17(12(2)25-20-11)18(22)19-15-7-8-23-10-16(15)24-14-5-3-13(9-21)4-6-14/h3-6,15-16,21H,7-10H2,1-2H3,(H,19,22)/t15-,16-/m1/s1. The molecule has 0 bridgehead atoms. The van der Waals surface area contributed by atoms with Crippen molar-refractivity contribution in [2.24, 2.45) is 0 Å². The van der Waals surface area contributed by atoms with Gasteiger partial charge in [0.05, 0.1) is 24.9 Å². The minimum Gasteiger partial charge on any atom is -0.486 e. The molecule has 1 aliphatic rings. The average Bonchev–Trinajstić information content (AvgIpc) is 2.96. The monoisotopic (exact) mass is 346 g/mol. The average molecular weight is 346 g/mol. The van der Waals surface area contributed by atoms with Crippen LogP contribution in [0, 0.1) is 13.8 Å². The van der Waals surface area contributed by atoms with E-state index in [9.17, 15) is 4.79 Å². The Hall–Kier alpha value is -2.38. The number of aliphatic hydroxyl groups excluding tert-OH is 1. The molecule has 1 aliphatic heterocycles. The molecule has 2 heterocycles. The third kappa shape index (κ3) is 4.00. The Labute approximate surface area is 145 Å². The smallest absolute Gasteiger partial charge is 0.257 e. The molecule has 2 aromatic rings. The molecule has 1 fully saturated rings. The molecule has 25 heavy (non-hydrogen) atoms. The van der Waals surface area contributed by atoms with Crippen molar-refractivity contribution in [1.82, 2.24) is 10.5 Å². The van der Waals surface area contributed by atoms with Gasteiger partial charge in [0.2, 0.25) is 0 Å². The van der Waals surface area contributed by atoms with Crippen molar-refractivity contribution in [3.05, 3.63) is 46.8 Å². The molecule has 0 unspecified atom stereocenters. The molecule has 1 aromatic carbocycles. The number of nitrogens with one attached hydrogen (secondary N) is 1. The molecule has 2 atom stereocenters.